The van der Waals surface area contributed by atoms with Gasteiger partial charge in [0, 0.05) is 22.0 Å². The van der Waals surface area contributed by atoms with E-state index in [1.165, 1.54) is 0 Å². The number of halogens is 2. The van der Waals surface area contributed by atoms with Gasteiger partial charge in [0.05, 0.1) is 0 Å². The molecule has 2 nitrogen and oxygen atoms in total. The monoisotopic (exact) mass is 329 g/mol. The minimum absolute atomic E-state index is 0.00335. The highest BCUT2D eigenvalue weighted by Crippen LogP contribution is 2.28. The fraction of sp³-hybridized carbons (Fsp3) is 0.500. The Morgan fingerprint density at radius 1 is 1.50 bits per heavy atom. The fourth-order valence-electron chi connectivity index (χ4n) is 2.32. The molecule has 1 aromatic carbocycles. The molecule has 1 fully saturated rings. The summed E-state index contributed by atoms with van der Waals surface area (Å²) in [6.45, 7) is 2.72. The van der Waals surface area contributed by atoms with Crippen LogP contribution in [0, 0.1) is 12.8 Å². The van der Waals surface area contributed by atoms with E-state index in [0.29, 0.717) is 11.3 Å². The first-order valence-corrected chi connectivity index (χ1v) is 7.47. The van der Waals surface area contributed by atoms with Gasteiger partial charge in [0.2, 0.25) is 0 Å². The fourth-order valence-corrected chi connectivity index (χ4v) is 2.95. The SMILES string of the molecule is Cc1cc(C(=O)NCC2CCC(Cl)C2)ccc1Br. The number of amides is 1. The Morgan fingerprint density at radius 2 is 2.28 bits per heavy atom. The molecule has 0 aromatic heterocycles. The van der Waals surface area contributed by atoms with E-state index in [-0.39, 0.29) is 5.91 Å². The highest BCUT2D eigenvalue weighted by molar-refractivity contribution is 9.10. The molecular weight excluding hydrogens is 314 g/mol. The van der Waals surface area contributed by atoms with Gasteiger partial charge < -0.3 is 5.32 Å². The van der Waals surface area contributed by atoms with Gasteiger partial charge in [-0.1, -0.05) is 15.9 Å². The van der Waals surface area contributed by atoms with E-state index < -0.39 is 0 Å². The molecule has 1 aliphatic carbocycles. The minimum Gasteiger partial charge on any atom is -0.352 e. The number of alkyl halides is 1. The molecule has 1 N–H and O–H groups in total. The second kappa shape index (κ2) is 6.07. The molecule has 2 atom stereocenters. The molecule has 2 rings (SSSR count). The van der Waals surface area contributed by atoms with Crippen molar-refractivity contribution in [3.05, 3.63) is 33.8 Å². The third-order valence-corrected chi connectivity index (χ3v) is 4.73. The standard InChI is InChI=1S/C14H17BrClNO/c1-9-6-11(3-5-13(9)15)14(18)17-8-10-2-4-12(16)7-10/h3,5-6,10,12H,2,4,7-8H2,1H3,(H,17,18). The summed E-state index contributed by atoms with van der Waals surface area (Å²) in [5.74, 6) is 0.539. The molecule has 0 radical (unpaired) electrons. The van der Waals surface area contributed by atoms with Crippen molar-refractivity contribution in [2.45, 2.75) is 31.6 Å². The molecule has 0 heterocycles. The van der Waals surface area contributed by atoms with E-state index in [1.807, 2.05) is 25.1 Å². The van der Waals surface area contributed by atoms with Crippen LogP contribution in [0.1, 0.15) is 35.2 Å². The van der Waals surface area contributed by atoms with E-state index in [4.69, 9.17) is 11.6 Å². The van der Waals surface area contributed by atoms with Crippen molar-refractivity contribution in [2.24, 2.45) is 5.92 Å². The molecule has 0 saturated heterocycles. The van der Waals surface area contributed by atoms with Crippen molar-refractivity contribution in [2.75, 3.05) is 6.54 Å². The van der Waals surface area contributed by atoms with Crippen LogP contribution in [-0.4, -0.2) is 17.8 Å². The molecule has 1 aliphatic rings. The third-order valence-electron chi connectivity index (χ3n) is 3.45. The lowest BCUT2D eigenvalue weighted by Gasteiger charge is -2.11. The van der Waals surface area contributed by atoms with Gasteiger partial charge >= 0.3 is 0 Å². The Balaban J connectivity index is 1.89. The summed E-state index contributed by atoms with van der Waals surface area (Å²) in [4.78, 5) is 12.0. The van der Waals surface area contributed by atoms with Crippen molar-refractivity contribution < 1.29 is 4.79 Å². The zero-order valence-corrected chi connectivity index (χ0v) is 12.7. The molecule has 0 spiro atoms. The number of nitrogens with one attached hydrogen (secondary N) is 1. The number of carbonyl (C=O) groups excluding carboxylic acids is 1. The number of rotatable bonds is 3. The maximum atomic E-state index is 12.0. The van der Waals surface area contributed by atoms with E-state index in [0.717, 1.165) is 41.4 Å². The normalized spacial score (nSPS) is 23.1. The molecule has 1 saturated carbocycles. The minimum atomic E-state index is 0.00335. The van der Waals surface area contributed by atoms with Gasteiger partial charge in [-0.05, 0) is 55.9 Å². The molecule has 1 aromatic rings. The smallest absolute Gasteiger partial charge is 0.251 e. The lowest BCUT2D eigenvalue weighted by molar-refractivity contribution is 0.0947. The van der Waals surface area contributed by atoms with Crippen molar-refractivity contribution >= 4 is 33.4 Å². The number of carbonyl (C=O) groups is 1. The van der Waals surface area contributed by atoms with Crippen LogP contribution in [0.15, 0.2) is 22.7 Å². The van der Waals surface area contributed by atoms with E-state index >= 15 is 0 Å². The summed E-state index contributed by atoms with van der Waals surface area (Å²) in [5, 5.41) is 3.29. The quantitative estimate of drug-likeness (QED) is 0.837. The summed E-state index contributed by atoms with van der Waals surface area (Å²) in [6, 6.07) is 5.65. The Hall–Kier alpha value is -0.540. The molecule has 98 valence electrons. The van der Waals surface area contributed by atoms with Crippen molar-refractivity contribution in [1.29, 1.82) is 0 Å². The molecule has 2 unspecified atom stereocenters. The third kappa shape index (κ3) is 3.48. The molecule has 0 bridgehead atoms. The van der Waals surface area contributed by atoms with Gasteiger partial charge in [-0.15, -0.1) is 11.6 Å². The number of hydrogen-bond acceptors (Lipinski definition) is 1. The molecule has 1 amide bonds. The zero-order valence-electron chi connectivity index (χ0n) is 10.4. The van der Waals surface area contributed by atoms with E-state index in [1.54, 1.807) is 0 Å². The summed E-state index contributed by atoms with van der Waals surface area (Å²) in [5.41, 5.74) is 1.79. The van der Waals surface area contributed by atoms with Gasteiger partial charge in [0.25, 0.3) is 5.91 Å². The predicted octanol–water partition coefficient (Wildman–Crippen LogP) is 3.89. The Morgan fingerprint density at radius 3 is 2.89 bits per heavy atom. The van der Waals surface area contributed by atoms with Gasteiger partial charge in [0.15, 0.2) is 0 Å². The molecular formula is C14H17BrClNO. The van der Waals surface area contributed by atoms with Gasteiger partial charge in [0.1, 0.15) is 0 Å². The van der Waals surface area contributed by atoms with E-state index in [9.17, 15) is 4.79 Å². The van der Waals surface area contributed by atoms with Gasteiger partial charge in [-0.3, -0.25) is 4.79 Å². The molecule has 0 aliphatic heterocycles. The number of benzene rings is 1. The van der Waals surface area contributed by atoms with Crippen LogP contribution >= 0.6 is 27.5 Å². The molecule has 18 heavy (non-hydrogen) atoms. The summed E-state index contributed by atoms with van der Waals surface area (Å²) >= 11 is 9.49. The van der Waals surface area contributed by atoms with Crippen LogP contribution in [0.5, 0.6) is 0 Å². The van der Waals surface area contributed by atoms with Crippen molar-refractivity contribution in [3.8, 4) is 0 Å². The maximum Gasteiger partial charge on any atom is 0.251 e. The average molecular weight is 331 g/mol. The Kier molecular flexibility index (Phi) is 4.68. The topological polar surface area (TPSA) is 29.1 Å². The first kappa shape index (κ1) is 13.9. The Labute approximate surface area is 121 Å². The maximum absolute atomic E-state index is 12.0. The van der Waals surface area contributed by atoms with Crippen LogP contribution < -0.4 is 5.32 Å². The first-order chi connectivity index (χ1) is 8.56. The number of aryl methyl sites for hydroxylation is 1. The van der Waals surface area contributed by atoms with Crippen LogP contribution in [0.3, 0.4) is 0 Å². The van der Waals surface area contributed by atoms with Crippen molar-refractivity contribution in [3.63, 3.8) is 0 Å². The largest absolute Gasteiger partial charge is 0.352 e. The second-order valence-corrected chi connectivity index (χ2v) is 6.42. The van der Waals surface area contributed by atoms with Gasteiger partial charge in [-0.2, -0.15) is 0 Å². The highest BCUT2D eigenvalue weighted by atomic mass is 79.9. The second-order valence-electron chi connectivity index (χ2n) is 4.95. The summed E-state index contributed by atoms with van der Waals surface area (Å²) in [6.07, 6.45) is 3.20. The van der Waals surface area contributed by atoms with E-state index in [2.05, 4.69) is 21.2 Å². The first-order valence-electron chi connectivity index (χ1n) is 6.24. The predicted molar refractivity (Wildman–Crippen MR) is 78.2 cm³/mol. The van der Waals surface area contributed by atoms with Crippen LogP contribution in [0.2, 0.25) is 0 Å². The Bertz CT molecular complexity index is 449. The average Bonchev–Trinajstić information content (AvgIpc) is 2.75. The summed E-state index contributed by atoms with van der Waals surface area (Å²) in [7, 11) is 0. The van der Waals surface area contributed by atoms with Crippen LogP contribution in [0.25, 0.3) is 0 Å². The lowest BCUT2D eigenvalue weighted by atomic mass is 10.1. The van der Waals surface area contributed by atoms with Crippen LogP contribution in [-0.2, 0) is 0 Å². The highest BCUT2D eigenvalue weighted by Gasteiger charge is 2.23. The van der Waals surface area contributed by atoms with Crippen molar-refractivity contribution in [1.82, 2.24) is 5.32 Å². The summed E-state index contributed by atoms with van der Waals surface area (Å²) < 4.78 is 1.03. The molecule has 4 heteroatoms. The lowest BCUT2D eigenvalue weighted by Crippen LogP contribution is -2.28. The van der Waals surface area contributed by atoms with Gasteiger partial charge in [-0.25, -0.2) is 0 Å². The number of hydrogen-bond donors (Lipinski definition) is 1. The zero-order chi connectivity index (χ0) is 13.1. The van der Waals surface area contributed by atoms with Crippen LogP contribution in [0.4, 0.5) is 0 Å².